The minimum absolute atomic E-state index is 0.621. The first-order valence-electron chi connectivity index (χ1n) is 8.49. The van der Waals surface area contributed by atoms with E-state index >= 15 is 0 Å². The monoisotopic (exact) mass is 293 g/mol. The van der Waals surface area contributed by atoms with Gasteiger partial charge in [-0.25, -0.2) is 0 Å². The Kier molecular flexibility index (Phi) is 3.86. The van der Waals surface area contributed by atoms with Crippen LogP contribution in [0.5, 0.6) is 11.5 Å². The first-order valence-corrected chi connectivity index (χ1v) is 8.49. The first-order chi connectivity index (χ1) is 10.9. The van der Waals surface area contributed by atoms with Crippen molar-refractivity contribution in [1.82, 2.24) is 4.90 Å². The van der Waals surface area contributed by atoms with Crippen molar-refractivity contribution in [3.63, 3.8) is 0 Å². The minimum atomic E-state index is 0.621. The summed E-state index contributed by atoms with van der Waals surface area (Å²) in [6.07, 6.45) is 6.85. The van der Waals surface area contributed by atoms with Crippen LogP contribution < -0.4 is 4.74 Å². The van der Waals surface area contributed by atoms with Crippen LogP contribution in [0.25, 0.3) is 0 Å². The number of nitrogens with zero attached hydrogens (tertiary/aromatic N) is 1. The highest BCUT2D eigenvalue weighted by molar-refractivity contribution is 5.34. The van der Waals surface area contributed by atoms with Gasteiger partial charge in [0.1, 0.15) is 11.5 Å². The van der Waals surface area contributed by atoms with Crippen LogP contribution in [0.2, 0.25) is 0 Å². The van der Waals surface area contributed by atoms with E-state index in [1.807, 2.05) is 30.3 Å². The number of piperidine rings is 1. The van der Waals surface area contributed by atoms with Gasteiger partial charge in [0.2, 0.25) is 0 Å². The molecule has 0 radical (unpaired) electrons. The number of para-hydroxylation sites is 1. The lowest BCUT2D eigenvalue weighted by Gasteiger charge is -2.34. The molecule has 2 aliphatic heterocycles. The summed E-state index contributed by atoms with van der Waals surface area (Å²) in [5, 5.41) is 0. The van der Waals surface area contributed by atoms with E-state index in [4.69, 9.17) is 4.74 Å². The zero-order chi connectivity index (χ0) is 14.8. The number of fused-ring (bicyclic) bond motifs is 1. The second-order valence-electron chi connectivity index (χ2n) is 6.46. The fourth-order valence-electron chi connectivity index (χ4n) is 4.00. The molecule has 2 aromatic carbocycles. The van der Waals surface area contributed by atoms with Crippen LogP contribution in [0.3, 0.4) is 0 Å². The van der Waals surface area contributed by atoms with Gasteiger partial charge in [0.25, 0.3) is 0 Å². The lowest BCUT2D eigenvalue weighted by molar-refractivity contribution is 0.150. The van der Waals surface area contributed by atoms with Gasteiger partial charge in [-0.15, -0.1) is 0 Å². The van der Waals surface area contributed by atoms with Crippen molar-refractivity contribution in [1.29, 1.82) is 0 Å². The Hall–Kier alpha value is -1.80. The summed E-state index contributed by atoms with van der Waals surface area (Å²) in [6.45, 7) is 1.28. The number of hydrogen-bond donors (Lipinski definition) is 0. The molecule has 0 bridgehead atoms. The summed E-state index contributed by atoms with van der Waals surface area (Å²) in [4.78, 5) is 2.73. The minimum Gasteiger partial charge on any atom is -0.457 e. The van der Waals surface area contributed by atoms with Crippen molar-refractivity contribution in [3.8, 4) is 11.5 Å². The van der Waals surface area contributed by atoms with Crippen LogP contribution in [-0.4, -0.2) is 17.5 Å². The molecule has 0 saturated carbocycles. The summed E-state index contributed by atoms with van der Waals surface area (Å²) in [5.74, 6) is 1.82. The average molecular weight is 293 g/mol. The summed E-state index contributed by atoms with van der Waals surface area (Å²) in [7, 11) is 0. The third-order valence-corrected chi connectivity index (χ3v) is 5.09. The summed E-state index contributed by atoms with van der Waals surface area (Å²) >= 11 is 0. The molecule has 0 amide bonds. The molecular formula is C20H23NO. The second-order valence-corrected chi connectivity index (χ2v) is 6.46. The van der Waals surface area contributed by atoms with Gasteiger partial charge in [-0.2, -0.15) is 0 Å². The Labute approximate surface area is 132 Å². The highest BCUT2D eigenvalue weighted by Crippen LogP contribution is 2.40. The van der Waals surface area contributed by atoms with Gasteiger partial charge in [-0.3, -0.25) is 4.90 Å². The number of benzene rings is 2. The summed E-state index contributed by atoms with van der Waals surface area (Å²) < 4.78 is 5.89. The lowest BCUT2D eigenvalue weighted by Crippen LogP contribution is -2.35. The van der Waals surface area contributed by atoms with Crippen LogP contribution in [0.15, 0.2) is 54.6 Å². The van der Waals surface area contributed by atoms with Gasteiger partial charge in [-0.05, 0) is 62.1 Å². The van der Waals surface area contributed by atoms with E-state index in [1.165, 1.54) is 44.2 Å². The van der Waals surface area contributed by atoms with Crippen LogP contribution in [0.4, 0.5) is 0 Å². The van der Waals surface area contributed by atoms with E-state index in [-0.39, 0.29) is 0 Å². The van der Waals surface area contributed by atoms with Crippen molar-refractivity contribution in [2.24, 2.45) is 0 Å². The fraction of sp³-hybridized carbons (Fsp3) is 0.400. The maximum atomic E-state index is 5.89. The molecule has 2 saturated heterocycles. The Morgan fingerprint density at radius 2 is 1.55 bits per heavy atom. The number of hydrogen-bond acceptors (Lipinski definition) is 2. The Bertz CT molecular complexity index is 607. The van der Waals surface area contributed by atoms with Crippen LogP contribution in [-0.2, 0) is 0 Å². The average Bonchev–Trinajstić information content (AvgIpc) is 3.01. The first kappa shape index (κ1) is 13.8. The molecular weight excluding hydrogens is 270 g/mol. The van der Waals surface area contributed by atoms with E-state index < -0.39 is 0 Å². The predicted octanol–water partition coefficient (Wildman–Crippen LogP) is 5.17. The third-order valence-electron chi connectivity index (χ3n) is 5.09. The zero-order valence-corrected chi connectivity index (χ0v) is 12.9. The fourth-order valence-corrected chi connectivity index (χ4v) is 4.00. The van der Waals surface area contributed by atoms with Crippen LogP contribution in [0.1, 0.15) is 43.7 Å². The lowest BCUT2D eigenvalue weighted by atomic mass is 10.0. The zero-order valence-electron chi connectivity index (χ0n) is 12.9. The summed E-state index contributed by atoms with van der Waals surface area (Å²) in [6, 6.07) is 20.2. The SMILES string of the molecule is c1ccc(Oc2ccc(C3CCC4CCCCN43)cc2)cc1. The molecule has 2 heteroatoms. The van der Waals surface area contributed by atoms with E-state index in [0.29, 0.717) is 6.04 Å². The molecule has 2 unspecified atom stereocenters. The smallest absolute Gasteiger partial charge is 0.127 e. The maximum Gasteiger partial charge on any atom is 0.127 e. The third kappa shape index (κ3) is 2.76. The van der Waals surface area contributed by atoms with Gasteiger partial charge < -0.3 is 4.74 Å². The van der Waals surface area contributed by atoms with Crippen LogP contribution >= 0.6 is 0 Å². The Balaban J connectivity index is 1.48. The molecule has 2 aromatic rings. The number of ether oxygens (including phenoxy) is 1. The summed E-state index contributed by atoms with van der Waals surface area (Å²) in [5.41, 5.74) is 1.45. The molecule has 2 heterocycles. The molecule has 114 valence electrons. The molecule has 4 rings (SSSR count). The van der Waals surface area contributed by atoms with Gasteiger partial charge in [0.05, 0.1) is 0 Å². The molecule has 0 aliphatic carbocycles. The van der Waals surface area contributed by atoms with Crippen molar-refractivity contribution in [2.75, 3.05) is 6.54 Å². The van der Waals surface area contributed by atoms with Gasteiger partial charge in [0, 0.05) is 12.1 Å². The van der Waals surface area contributed by atoms with Gasteiger partial charge >= 0.3 is 0 Å². The molecule has 2 fully saturated rings. The molecule has 0 aromatic heterocycles. The van der Waals surface area contributed by atoms with Crippen molar-refractivity contribution >= 4 is 0 Å². The Morgan fingerprint density at radius 1 is 0.773 bits per heavy atom. The molecule has 0 N–H and O–H groups in total. The van der Waals surface area contributed by atoms with E-state index in [9.17, 15) is 0 Å². The standard InChI is InChI=1S/C20H23NO/c1-2-7-18(8-3-1)22-19-12-9-16(10-13-19)20-14-11-17-6-4-5-15-21(17)20/h1-3,7-10,12-13,17,20H,4-6,11,14-15H2. The highest BCUT2D eigenvalue weighted by Gasteiger charge is 2.35. The molecule has 0 spiro atoms. The molecule has 2 aliphatic rings. The topological polar surface area (TPSA) is 12.5 Å². The molecule has 2 atom stereocenters. The Morgan fingerprint density at radius 3 is 2.36 bits per heavy atom. The highest BCUT2D eigenvalue weighted by atomic mass is 16.5. The normalized spacial score (nSPS) is 24.9. The van der Waals surface area contributed by atoms with E-state index in [0.717, 1.165) is 17.5 Å². The van der Waals surface area contributed by atoms with Gasteiger partial charge in [-0.1, -0.05) is 36.8 Å². The maximum absolute atomic E-state index is 5.89. The quantitative estimate of drug-likeness (QED) is 0.774. The van der Waals surface area contributed by atoms with Crippen molar-refractivity contribution < 1.29 is 4.74 Å². The van der Waals surface area contributed by atoms with Gasteiger partial charge in [0.15, 0.2) is 0 Å². The van der Waals surface area contributed by atoms with Crippen molar-refractivity contribution in [2.45, 2.75) is 44.2 Å². The molecule has 22 heavy (non-hydrogen) atoms. The molecule has 2 nitrogen and oxygen atoms in total. The largest absolute Gasteiger partial charge is 0.457 e. The van der Waals surface area contributed by atoms with Crippen molar-refractivity contribution in [3.05, 3.63) is 60.2 Å². The second kappa shape index (κ2) is 6.13. The van der Waals surface area contributed by atoms with E-state index in [1.54, 1.807) is 0 Å². The van der Waals surface area contributed by atoms with Crippen LogP contribution in [0, 0.1) is 0 Å². The number of rotatable bonds is 3. The predicted molar refractivity (Wildman–Crippen MR) is 89.3 cm³/mol. The van der Waals surface area contributed by atoms with E-state index in [2.05, 4.69) is 29.2 Å².